The Balaban J connectivity index is 1.66. The summed E-state index contributed by atoms with van der Waals surface area (Å²) in [6, 6.07) is 14.5. The zero-order valence-corrected chi connectivity index (χ0v) is 13.6. The van der Waals surface area contributed by atoms with Crippen LogP contribution in [-0.2, 0) is 22.6 Å². The lowest BCUT2D eigenvalue weighted by molar-refractivity contribution is -0.136. The average Bonchev–Trinajstić information content (AvgIpc) is 2.61. The fourth-order valence-corrected chi connectivity index (χ4v) is 2.85. The molecule has 2 aromatic rings. The zero-order valence-electron chi connectivity index (χ0n) is 13.6. The number of hydrogen-bond acceptors (Lipinski definition) is 4. The smallest absolute Gasteiger partial charge is 0.407 e. The Morgan fingerprint density at radius 1 is 1.16 bits per heavy atom. The van der Waals surface area contributed by atoms with Crippen LogP contribution in [0.2, 0.25) is 0 Å². The maximum atomic E-state index is 12.1. The number of ether oxygens (including phenoxy) is 2. The molecule has 1 heterocycles. The van der Waals surface area contributed by atoms with Gasteiger partial charge in [-0.2, -0.15) is 0 Å². The molecule has 6 heteroatoms. The number of carboxylic acid groups (broad SMARTS) is 1. The van der Waals surface area contributed by atoms with Gasteiger partial charge < -0.3 is 19.9 Å². The van der Waals surface area contributed by atoms with E-state index in [1.54, 1.807) is 12.1 Å². The lowest BCUT2D eigenvalue weighted by Gasteiger charge is -2.28. The summed E-state index contributed by atoms with van der Waals surface area (Å²) in [4.78, 5) is 23.1. The van der Waals surface area contributed by atoms with Crippen LogP contribution in [0.4, 0.5) is 4.79 Å². The largest absolute Gasteiger partial charge is 0.493 e. The van der Waals surface area contributed by atoms with Crippen LogP contribution in [-0.4, -0.2) is 23.8 Å². The van der Waals surface area contributed by atoms with Gasteiger partial charge in [0.2, 0.25) is 0 Å². The van der Waals surface area contributed by atoms with Crippen molar-refractivity contribution < 1.29 is 24.2 Å². The van der Waals surface area contributed by atoms with E-state index < -0.39 is 12.1 Å². The van der Waals surface area contributed by atoms with E-state index >= 15 is 0 Å². The highest BCUT2D eigenvalue weighted by Crippen LogP contribution is 2.35. The maximum Gasteiger partial charge on any atom is 0.407 e. The summed E-state index contributed by atoms with van der Waals surface area (Å²) in [5, 5.41) is 11.8. The van der Waals surface area contributed by atoms with Gasteiger partial charge in [0.15, 0.2) is 0 Å². The van der Waals surface area contributed by atoms with Crippen molar-refractivity contribution in [1.29, 1.82) is 0 Å². The molecule has 0 radical (unpaired) electrons. The van der Waals surface area contributed by atoms with Crippen molar-refractivity contribution in [2.75, 3.05) is 6.61 Å². The third-order valence-electron chi connectivity index (χ3n) is 4.00. The molecule has 1 aliphatic rings. The number of alkyl carbamates (subject to hydrolysis) is 1. The first kappa shape index (κ1) is 16.8. The molecule has 2 N–H and O–H groups in total. The molecule has 0 fully saturated rings. The van der Waals surface area contributed by atoms with Gasteiger partial charge in [0.1, 0.15) is 12.4 Å². The molecular formula is C19H19NO5. The topological polar surface area (TPSA) is 84.9 Å². The van der Waals surface area contributed by atoms with E-state index in [4.69, 9.17) is 14.6 Å². The van der Waals surface area contributed by atoms with Gasteiger partial charge >= 0.3 is 12.1 Å². The van der Waals surface area contributed by atoms with Crippen molar-refractivity contribution in [2.24, 2.45) is 0 Å². The van der Waals surface area contributed by atoms with Crippen molar-refractivity contribution in [3.63, 3.8) is 0 Å². The summed E-state index contributed by atoms with van der Waals surface area (Å²) in [5.41, 5.74) is 2.30. The van der Waals surface area contributed by atoms with Crippen LogP contribution in [0.1, 0.15) is 29.2 Å². The van der Waals surface area contributed by atoms with Crippen LogP contribution in [0.3, 0.4) is 0 Å². The third-order valence-corrected chi connectivity index (χ3v) is 4.00. The first-order chi connectivity index (χ1) is 12.1. The normalized spacial score (nSPS) is 15.6. The predicted molar refractivity (Wildman–Crippen MR) is 90.4 cm³/mol. The minimum absolute atomic E-state index is 0.117. The molecule has 6 nitrogen and oxygen atoms in total. The summed E-state index contributed by atoms with van der Waals surface area (Å²) in [6.07, 6.45) is -0.0245. The highest BCUT2D eigenvalue weighted by Gasteiger charge is 2.26. The quantitative estimate of drug-likeness (QED) is 0.873. The van der Waals surface area contributed by atoms with Gasteiger partial charge in [-0.25, -0.2) is 4.79 Å². The molecule has 1 unspecified atom stereocenters. The summed E-state index contributed by atoms with van der Waals surface area (Å²) < 4.78 is 10.9. The minimum atomic E-state index is -0.922. The molecule has 2 aromatic carbocycles. The van der Waals surface area contributed by atoms with Gasteiger partial charge in [-0.1, -0.05) is 48.5 Å². The third kappa shape index (κ3) is 4.29. The average molecular weight is 341 g/mol. The Bertz CT molecular complexity index is 760. The second-order valence-electron chi connectivity index (χ2n) is 5.80. The van der Waals surface area contributed by atoms with Gasteiger partial charge in [-0.15, -0.1) is 0 Å². The van der Waals surface area contributed by atoms with Gasteiger partial charge in [0.25, 0.3) is 0 Å². The van der Waals surface area contributed by atoms with E-state index in [9.17, 15) is 9.59 Å². The number of amides is 1. The number of carboxylic acids is 1. The second-order valence-corrected chi connectivity index (χ2v) is 5.80. The van der Waals surface area contributed by atoms with Crippen LogP contribution in [0, 0.1) is 0 Å². The fourth-order valence-electron chi connectivity index (χ4n) is 2.85. The molecule has 3 rings (SSSR count). The number of aliphatic carboxylic acids is 1. The number of hydrogen-bond donors (Lipinski definition) is 2. The Morgan fingerprint density at radius 3 is 2.72 bits per heavy atom. The van der Waals surface area contributed by atoms with Crippen LogP contribution < -0.4 is 10.1 Å². The summed E-state index contributed by atoms with van der Waals surface area (Å²) in [6.45, 7) is 0.606. The molecule has 1 atom stereocenters. The lowest BCUT2D eigenvalue weighted by Crippen LogP contribution is -2.33. The maximum absolute atomic E-state index is 12.1. The SMILES string of the molecule is O=C(O)Cc1cccc2c1OCCC2NC(=O)OCc1ccccc1. The van der Waals surface area contributed by atoms with Crippen molar-refractivity contribution in [2.45, 2.75) is 25.5 Å². The summed E-state index contributed by atoms with van der Waals surface area (Å²) in [7, 11) is 0. The number of carbonyl (C=O) groups excluding carboxylic acids is 1. The van der Waals surface area contributed by atoms with E-state index in [0.29, 0.717) is 24.3 Å². The molecule has 130 valence electrons. The van der Waals surface area contributed by atoms with Crippen LogP contribution >= 0.6 is 0 Å². The number of nitrogens with one attached hydrogen (secondary N) is 1. The molecule has 0 saturated heterocycles. The number of benzene rings is 2. The van der Waals surface area contributed by atoms with Gasteiger partial charge in [-0.3, -0.25) is 4.79 Å². The zero-order chi connectivity index (χ0) is 17.6. The molecule has 0 aliphatic carbocycles. The highest BCUT2D eigenvalue weighted by molar-refractivity contribution is 5.72. The molecule has 1 aliphatic heterocycles. The van der Waals surface area contributed by atoms with Gasteiger partial charge in [0, 0.05) is 17.5 Å². The number of fused-ring (bicyclic) bond motifs is 1. The molecule has 1 amide bonds. The number of para-hydroxylation sites is 1. The van der Waals surface area contributed by atoms with E-state index in [1.807, 2.05) is 36.4 Å². The molecule has 0 saturated carbocycles. The van der Waals surface area contributed by atoms with Crippen LogP contribution in [0.15, 0.2) is 48.5 Å². The first-order valence-corrected chi connectivity index (χ1v) is 8.07. The minimum Gasteiger partial charge on any atom is -0.493 e. The standard InChI is InChI=1S/C19H19NO5/c21-17(22)11-14-7-4-8-15-16(9-10-24-18(14)15)20-19(23)25-12-13-5-2-1-3-6-13/h1-8,16H,9-12H2,(H,20,23)(H,21,22). The molecule has 25 heavy (non-hydrogen) atoms. The molecule has 0 aromatic heterocycles. The highest BCUT2D eigenvalue weighted by atomic mass is 16.5. The Kier molecular flexibility index (Phi) is 5.18. The van der Waals surface area contributed by atoms with Crippen molar-refractivity contribution >= 4 is 12.1 Å². The number of carbonyl (C=O) groups is 2. The predicted octanol–water partition coefficient (Wildman–Crippen LogP) is 3.06. The summed E-state index contributed by atoms with van der Waals surface area (Å²) >= 11 is 0. The van der Waals surface area contributed by atoms with E-state index in [2.05, 4.69) is 5.32 Å². The monoisotopic (exact) mass is 341 g/mol. The Labute approximate surface area is 145 Å². The first-order valence-electron chi connectivity index (χ1n) is 8.07. The fraction of sp³-hybridized carbons (Fsp3) is 0.263. The Morgan fingerprint density at radius 2 is 1.96 bits per heavy atom. The lowest BCUT2D eigenvalue weighted by atomic mass is 9.96. The van der Waals surface area contributed by atoms with Crippen molar-refractivity contribution in [3.05, 3.63) is 65.2 Å². The molecular weight excluding hydrogens is 322 g/mol. The number of rotatable bonds is 5. The van der Waals surface area contributed by atoms with E-state index in [0.717, 1.165) is 11.1 Å². The van der Waals surface area contributed by atoms with Crippen molar-refractivity contribution in [3.8, 4) is 5.75 Å². The van der Waals surface area contributed by atoms with E-state index in [-0.39, 0.29) is 19.1 Å². The second kappa shape index (κ2) is 7.70. The van der Waals surface area contributed by atoms with Crippen LogP contribution in [0.25, 0.3) is 0 Å². The molecule has 0 bridgehead atoms. The van der Waals surface area contributed by atoms with Crippen molar-refractivity contribution in [1.82, 2.24) is 5.32 Å². The molecule has 0 spiro atoms. The summed E-state index contributed by atoms with van der Waals surface area (Å²) in [5.74, 6) is -0.376. The van der Waals surface area contributed by atoms with E-state index in [1.165, 1.54) is 0 Å². The van der Waals surface area contributed by atoms with Crippen LogP contribution in [0.5, 0.6) is 5.75 Å². The van der Waals surface area contributed by atoms with Gasteiger partial charge in [-0.05, 0) is 5.56 Å². The Hall–Kier alpha value is -3.02. The van der Waals surface area contributed by atoms with Gasteiger partial charge in [0.05, 0.1) is 19.1 Å².